The van der Waals surface area contributed by atoms with Crippen LogP contribution in [0.15, 0.2) is 24.3 Å². The number of aryl methyl sites for hydroxylation is 2. The standard InChI is InChI=1S/C18H20N2O4S/c1-10-4-6-13(7-5-10)14(21)8-9-15(22)19-12(3)17-20-11(2)16(25-17)18(23)24/h4-7,12H,8-9H2,1-3H3,(H,19,22)(H,23,24). The number of rotatable bonds is 7. The average molecular weight is 360 g/mol. The van der Waals surface area contributed by atoms with Crippen molar-refractivity contribution in [2.75, 3.05) is 0 Å². The van der Waals surface area contributed by atoms with E-state index in [1.165, 1.54) is 0 Å². The highest BCUT2D eigenvalue weighted by molar-refractivity contribution is 7.13. The molecule has 0 radical (unpaired) electrons. The number of carboxylic acids is 1. The van der Waals surface area contributed by atoms with Crippen molar-refractivity contribution >= 4 is 29.0 Å². The molecule has 0 aliphatic rings. The Morgan fingerprint density at radius 3 is 2.36 bits per heavy atom. The SMILES string of the molecule is Cc1ccc(C(=O)CCC(=O)NC(C)c2nc(C)c(C(=O)O)s2)cc1. The van der Waals surface area contributed by atoms with Crippen LogP contribution in [0.4, 0.5) is 0 Å². The Balaban J connectivity index is 1.89. The largest absolute Gasteiger partial charge is 0.477 e. The van der Waals surface area contributed by atoms with E-state index in [2.05, 4.69) is 10.3 Å². The van der Waals surface area contributed by atoms with Crippen molar-refractivity contribution in [2.45, 2.75) is 39.7 Å². The second-order valence-electron chi connectivity index (χ2n) is 5.85. The quantitative estimate of drug-likeness (QED) is 0.739. The lowest BCUT2D eigenvalue weighted by molar-refractivity contribution is -0.121. The van der Waals surface area contributed by atoms with Gasteiger partial charge in [0.2, 0.25) is 5.91 Å². The van der Waals surface area contributed by atoms with Crippen molar-refractivity contribution < 1.29 is 19.5 Å². The number of benzene rings is 1. The fourth-order valence-corrected chi connectivity index (χ4v) is 3.20. The van der Waals surface area contributed by atoms with Gasteiger partial charge in [0.25, 0.3) is 0 Å². The number of hydrogen-bond donors (Lipinski definition) is 2. The van der Waals surface area contributed by atoms with Gasteiger partial charge < -0.3 is 10.4 Å². The number of thiazole rings is 1. The van der Waals surface area contributed by atoms with Gasteiger partial charge in [0, 0.05) is 18.4 Å². The molecule has 6 nitrogen and oxygen atoms in total. The first-order chi connectivity index (χ1) is 11.8. The molecule has 1 atom stereocenters. The highest BCUT2D eigenvalue weighted by Crippen LogP contribution is 2.23. The molecule has 1 amide bonds. The lowest BCUT2D eigenvalue weighted by Gasteiger charge is -2.11. The summed E-state index contributed by atoms with van der Waals surface area (Å²) in [6.07, 6.45) is 0.200. The van der Waals surface area contributed by atoms with Crippen LogP contribution in [0.1, 0.15) is 62.1 Å². The molecule has 1 unspecified atom stereocenters. The smallest absolute Gasteiger partial charge is 0.347 e. The van der Waals surface area contributed by atoms with Gasteiger partial charge in [-0.2, -0.15) is 0 Å². The first-order valence-electron chi connectivity index (χ1n) is 7.87. The number of hydrogen-bond acceptors (Lipinski definition) is 5. The van der Waals surface area contributed by atoms with Crippen LogP contribution in [0.25, 0.3) is 0 Å². The number of carboxylic acid groups (broad SMARTS) is 1. The fraction of sp³-hybridized carbons (Fsp3) is 0.333. The van der Waals surface area contributed by atoms with E-state index in [4.69, 9.17) is 5.11 Å². The van der Waals surface area contributed by atoms with Crippen molar-refractivity contribution in [1.82, 2.24) is 10.3 Å². The topological polar surface area (TPSA) is 96.4 Å². The summed E-state index contributed by atoms with van der Waals surface area (Å²) in [7, 11) is 0. The summed E-state index contributed by atoms with van der Waals surface area (Å²) in [4.78, 5) is 39.5. The molecule has 1 aromatic heterocycles. The first-order valence-corrected chi connectivity index (χ1v) is 8.69. The summed E-state index contributed by atoms with van der Waals surface area (Å²) in [5.41, 5.74) is 2.10. The molecule has 1 aromatic carbocycles. The van der Waals surface area contributed by atoms with E-state index in [1.54, 1.807) is 26.0 Å². The summed E-state index contributed by atoms with van der Waals surface area (Å²) >= 11 is 1.05. The van der Waals surface area contributed by atoms with Crippen LogP contribution < -0.4 is 5.32 Å². The van der Waals surface area contributed by atoms with Gasteiger partial charge in [0.1, 0.15) is 9.88 Å². The molecule has 2 rings (SSSR count). The van der Waals surface area contributed by atoms with E-state index in [-0.39, 0.29) is 29.4 Å². The predicted octanol–water partition coefficient (Wildman–Crippen LogP) is 3.30. The Morgan fingerprint density at radius 1 is 1.16 bits per heavy atom. The van der Waals surface area contributed by atoms with Crippen LogP contribution in [-0.4, -0.2) is 27.8 Å². The zero-order valence-corrected chi connectivity index (χ0v) is 15.1. The van der Waals surface area contributed by atoms with Gasteiger partial charge in [0.15, 0.2) is 5.78 Å². The number of nitrogens with zero attached hydrogens (tertiary/aromatic N) is 1. The summed E-state index contributed by atoms with van der Waals surface area (Å²) < 4.78 is 0. The van der Waals surface area contributed by atoms with E-state index in [0.29, 0.717) is 16.3 Å². The van der Waals surface area contributed by atoms with E-state index in [9.17, 15) is 14.4 Å². The number of nitrogens with one attached hydrogen (secondary N) is 1. The van der Waals surface area contributed by atoms with E-state index >= 15 is 0 Å². The van der Waals surface area contributed by atoms with Crippen molar-refractivity contribution in [3.63, 3.8) is 0 Å². The van der Waals surface area contributed by atoms with E-state index in [1.807, 2.05) is 19.1 Å². The molecule has 0 spiro atoms. The molecular weight excluding hydrogens is 340 g/mol. The minimum absolute atomic E-state index is 0.0766. The number of carbonyl (C=O) groups excluding carboxylic acids is 2. The van der Waals surface area contributed by atoms with Gasteiger partial charge in [-0.05, 0) is 20.8 Å². The summed E-state index contributed by atoms with van der Waals surface area (Å²) in [6.45, 7) is 5.31. The number of ketones is 1. The van der Waals surface area contributed by atoms with Gasteiger partial charge in [-0.3, -0.25) is 9.59 Å². The van der Waals surface area contributed by atoms with Crippen molar-refractivity contribution in [3.05, 3.63) is 51.0 Å². The van der Waals surface area contributed by atoms with Gasteiger partial charge in [-0.1, -0.05) is 29.8 Å². The Bertz CT molecular complexity index is 796. The second kappa shape index (κ2) is 8.02. The van der Waals surface area contributed by atoms with Crippen LogP contribution in [0.3, 0.4) is 0 Å². The third-order valence-electron chi connectivity index (χ3n) is 3.71. The Kier molecular flexibility index (Phi) is 6.03. The number of carbonyl (C=O) groups is 3. The fourth-order valence-electron chi connectivity index (χ4n) is 2.29. The third-order valence-corrected chi connectivity index (χ3v) is 5.04. The summed E-state index contributed by atoms with van der Waals surface area (Å²) in [6, 6.07) is 6.83. The molecule has 132 valence electrons. The predicted molar refractivity (Wildman–Crippen MR) is 95.1 cm³/mol. The second-order valence-corrected chi connectivity index (χ2v) is 6.88. The van der Waals surface area contributed by atoms with Crippen LogP contribution in [-0.2, 0) is 4.79 Å². The van der Waals surface area contributed by atoms with Gasteiger partial charge in [-0.25, -0.2) is 9.78 Å². The third kappa shape index (κ3) is 4.96. The zero-order chi connectivity index (χ0) is 18.6. The van der Waals surface area contributed by atoms with E-state index < -0.39 is 12.0 Å². The van der Waals surface area contributed by atoms with Crippen molar-refractivity contribution in [3.8, 4) is 0 Å². The maximum absolute atomic E-state index is 12.1. The minimum atomic E-state index is -1.02. The molecule has 2 N–H and O–H groups in total. The minimum Gasteiger partial charge on any atom is -0.477 e. The molecule has 0 bridgehead atoms. The normalized spacial score (nSPS) is 11.8. The molecule has 0 aliphatic heterocycles. The first kappa shape index (κ1) is 18.8. The maximum Gasteiger partial charge on any atom is 0.347 e. The molecular formula is C18H20N2O4S. The number of amides is 1. The number of Topliss-reactive ketones (excluding diaryl/α,β-unsaturated/α-hetero) is 1. The molecule has 0 saturated heterocycles. The van der Waals surface area contributed by atoms with Crippen LogP contribution in [0.2, 0.25) is 0 Å². The summed E-state index contributed by atoms with van der Waals surface area (Å²) in [5, 5.41) is 12.3. The van der Waals surface area contributed by atoms with E-state index in [0.717, 1.165) is 16.9 Å². The Morgan fingerprint density at radius 2 is 1.80 bits per heavy atom. The molecule has 7 heteroatoms. The molecule has 25 heavy (non-hydrogen) atoms. The lowest BCUT2D eigenvalue weighted by atomic mass is 10.0. The monoisotopic (exact) mass is 360 g/mol. The van der Waals surface area contributed by atoms with Gasteiger partial charge >= 0.3 is 5.97 Å². The van der Waals surface area contributed by atoms with Gasteiger partial charge in [0.05, 0.1) is 11.7 Å². The summed E-state index contributed by atoms with van der Waals surface area (Å²) in [5.74, 6) is -1.37. The highest BCUT2D eigenvalue weighted by Gasteiger charge is 2.19. The van der Waals surface area contributed by atoms with Crippen molar-refractivity contribution in [2.24, 2.45) is 0 Å². The zero-order valence-electron chi connectivity index (χ0n) is 14.3. The highest BCUT2D eigenvalue weighted by atomic mass is 32.1. The molecule has 1 heterocycles. The molecule has 0 aliphatic carbocycles. The molecule has 2 aromatic rings. The van der Waals surface area contributed by atoms with Crippen LogP contribution in [0, 0.1) is 13.8 Å². The Hall–Kier alpha value is -2.54. The van der Waals surface area contributed by atoms with Crippen molar-refractivity contribution in [1.29, 1.82) is 0 Å². The van der Waals surface area contributed by atoms with Crippen LogP contribution in [0.5, 0.6) is 0 Å². The molecule has 0 fully saturated rings. The number of aromatic carboxylic acids is 1. The lowest BCUT2D eigenvalue weighted by Crippen LogP contribution is -2.26. The average Bonchev–Trinajstić information content (AvgIpc) is 2.95. The van der Waals surface area contributed by atoms with Gasteiger partial charge in [-0.15, -0.1) is 11.3 Å². The number of aromatic nitrogens is 1. The Labute approximate surface area is 149 Å². The molecule has 0 saturated carbocycles. The van der Waals surface area contributed by atoms with Crippen LogP contribution >= 0.6 is 11.3 Å². The maximum atomic E-state index is 12.1.